The fourth-order valence-electron chi connectivity index (χ4n) is 2.68. The average Bonchev–Trinajstić information content (AvgIpc) is 3.02. The van der Waals surface area contributed by atoms with Crippen molar-refractivity contribution in [2.45, 2.75) is 24.7 Å². The summed E-state index contributed by atoms with van der Waals surface area (Å²) < 4.78 is 3.13. The third kappa shape index (κ3) is 1.75. The average molecular weight is 308 g/mol. The lowest BCUT2D eigenvalue weighted by Crippen LogP contribution is -2.12. The Morgan fingerprint density at radius 2 is 2.22 bits per heavy atom. The van der Waals surface area contributed by atoms with Crippen LogP contribution in [0.3, 0.4) is 0 Å². The molecule has 2 aromatic rings. The van der Waals surface area contributed by atoms with E-state index in [1.165, 1.54) is 0 Å². The number of hydrogen-bond donors (Lipinski definition) is 1. The number of hydrogen-bond acceptors (Lipinski definition) is 1. The number of aromatic nitrogens is 1. The van der Waals surface area contributed by atoms with Crippen molar-refractivity contribution >= 4 is 32.8 Å². The maximum atomic E-state index is 10.9. The summed E-state index contributed by atoms with van der Waals surface area (Å²) in [7, 11) is 2.01. The molecule has 0 aliphatic heterocycles. The first-order valence-electron chi connectivity index (χ1n) is 5.99. The molecule has 0 atom stereocenters. The Morgan fingerprint density at radius 3 is 2.83 bits per heavy atom. The first kappa shape index (κ1) is 11.8. The van der Waals surface area contributed by atoms with Gasteiger partial charge in [0.2, 0.25) is 0 Å². The van der Waals surface area contributed by atoms with Crippen molar-refractivity contribution < 1.29 is 9.90 Å². The Kier molecular flexibility index (Phi) is 2.52. The van der Waals surface area contributed by atoms with E-state index in [9.17, 15) is 4.79 Å². The first-order chi connectivity index (χ1) is 8.52. The van der Waals surface area contributed by atoms with Crippen molar-refractivity contribution in [3.63, 3.8) is 0 Å². The van der Waals surface area contributed by atoms with Crippen LogP contribution in [0.5, 0.6) is 0 Å². The number of carboxylic acid groups (broad SMARTS) is 1. The predicted octanol–water partition coefficient (Wildman–Crippen LogP) is 3.45. The van der Waals surface area contributed by atoms with E-state index < -0.39 is 5.97 Å². The van der Waals surface area contributed by atoms with Crippen molar-refractivity contribution in [3.05, 3.63) is 34.4 Å². The zero-order chi connectivity index (χ0) is 12.9. The molecule has 0 spiro atoms. The highest BCUT2D eigenvalue weighted by molar-refractivity contribution is 9.10. The van der Waals surface area contributed by atoms with Gasteiger partial charge in [0, 0.05) is 34.0 Å². The maximum Gasteiger partial charge on any atom is 0.304 e. The van der Waals surface area contributed by atoms with Crippen molar-refractivity contribution in [2.24, 2.45) is 7.05 Å². The lowest BCUT2D eigenvalue weighted by molar-refractivity contribution is -0.137. The molecule has 0 radical (unpaired) electrons. The summed E-state index contributed by atoms with van der Waals surface area (Å²) in [5, 5.41) is 10.2. The van der Waals surface area contributed by atoms with Crippen LogP contribution >= 0.6 is 15.9 Å². The summed E-state index contributed by atoms with van der Waals surface area (Å²) in [6.07, 6.45) is 4.23. The molecule has 94 valence electrons. The summed E-state index contributed by atoms with van der Waals surface area (Å²) in [5.74, 6) is -0.709. The smallest absolute Gasteiger partial charge is 0.304 e. The summed E-state index contributed by atoms with van der Waals surface area (Å²) in [6.45, 7) is 0. The van der Waals surface area contributed by atoms with E-state index in [-0.39, 0.29) is 11.8 Å². The van der Waals surface area contributed by atoms with Gasteiger partial charge in [-0.15, -0.1) is 0 Å². The zero-order valence-corrected chi connectivity index (χ0v) is 11.7. The molecule has 1 heterocycles. The minimum absolute atomic E-state index is 0.116. The van der Waals surface area contributed by atoms with Crippen LogP contribution < -0.4 is 0 Å². The minimum Gasteiger partial charge on any atom is -0.481 e. The largest absolute Gasteiger partial charge is 0.481 e. The fraction of sp³-hybridized carbons (Fsp3) is 0.357. The standard InChI is InChI=1S/C14H14BrNO2/c1-16-8-11(15)10-6-9(2-3-12(10)16)14(4-5-14)7-13(17)18/h2-3,6,8H,4-5,7H2,1H3,(H,17,18). The lowest BCUT2D eigenvalue weighted by atomic mass is 9.91. The third-order valence-electron chi connectivity index (χ3n) is 3.90. The molecule has 1 aromatic carbocycles. The summed E-state index contributed by atoms with van der Waals surface area (Å²) in [6, 6.07) is 6.29. The van der Waals surface area contributed by atoms with Crippen molar-refractivity contribution in [3.8, 4) is 0 Å². The summed E-state index contributed by atoms with van der Waals surface area (Å²) in [5.41, 5.74) is 2.20. The van der Waals surface area contributed by atoms with Crippen molar-refractivity contribution in [1.29, 1.82) is 0 Å². The van der Waals surface area contributed by atoms with Gasteiger partial charge in [0.15, 0.2) is 0 Å². The Labute approximate surface area is 114 Å². The summed E-state index contributed by atoms with van der Waals surface area (Å²) >= 11 is 3.55. The fourth-order valence-corrected chi connectivity index (χ4v) is 3.31. The van der Waals surface area contributed by atoms with Crippen molar-refractivity contribution in [1.82, 2.24) is 4.57 Å². The van der Waals surface area contributed by atoms with E-state index in [4.69, 9.17) is 5.11 Å². The molecule has 3 rings (SSSR count). The van der Waals surface area contributed by atoms with Crippen LogP contribution in [-0.2, 0) is 17.3 Å². The highest BCUT2D eigenvalue weighted by Crippen LogP contribution is 2.51. The lowest BCUT2D eigenvalue weighted by Gasteiger charge is -2.13. The monoisotopic (exact) mass is 307 g/mol. The van der Waals surface area contributed by atoms with Crippen LogP contribution in [0.1, 0.15) is 24.8 Å². The molecule has 1 aliphatic carbocycles. The SMILES string of the molecule is Cn1cc(Br)c2cc(C3(CC(=O)O)CC3)ccc21. The zero-order valence-electron chi connectivity index (χ0n) is 10.1. The normalized spacial score (nSPS) is 17.0. The Hall–Kier alpha value is -1.29. The molecular weight excluding hydrogens is 294 g/mol. The molecule has 0 amide bonds. The number of fused-ring (bicyclic) bond motifs is 1. The van der Waals surface area contributed by atoms with Crippen LogP contribution in [-0.4, -0.2) is 15.6 Å². The molecule has 0 unspecified atom stereocenters. The van der Waals surface area contributed by atoms with E-state index in [1.54, 1.807) is 0 Å². The molecule has 4 heteroatoms. The van der Waals surface area contributed by atoms with Gasteiger partial charge in [-0.3, -0.25) is 4.79 Å². The van der Waals surface area contributed by atoms with E-state index in [1.807, 2.05) is 13.2 Å². The van der Waals surface area contributed by atoms with Gasteiger partial charge in [-0.1, -0.05) is 6.07 Å². The second-order valence-electron chi connectivity index (χ2n) is 5.17. The third-order valence-corrected chi connectivity index (χ3v) is 4.53. The molecular formula is C14H14BrNO2. The van der Waals surface area contributed by atoms with E-state index in [2.05, 4.69) is 38.7 Å². The highest BCUT2D eigenvalue weighted by Gasteiger charge is 2.46. The van der Waals surface area contributed by atoms with Gasteiger partial charge in [-0.25, -0.2) is 0 Å². The van der Waals surface area contributed by atoms with Gasteiger partial charge < -0.3 is 9.67 Å². The number of aryl methyl sites for hydroxylation is 1. The number of nitrogens with zero attached hydrogens (tertiary/aromatic N) is 1. The Balaban J connectivity index is 2.09. The number of benzene rings is 1. The quantitative estimate of drug-likeness (QED) is 0.943. The Bertz CT molecular complexity index is 641. The molecule has 1 aliphatic rings. The maximum absolute atomic E-state index is 10.9. The second-order valence-corrected chi connectivity index (χ2v) is 6.03. The van der Waals surface area contributed by atoms with Gasteiger partial charge in [0.05, 0.1) is 6.42 Å². The van der Waals surface area contributed by atoms with Gasteiger partial charge >= 0.3 is 5.97 Å². The number of rotatable bonds is 3. The predicted molar refractivity (Wildman–Crippen MR) is 73.8 cm³/mol. The van der Waals surface area contributed by atoms with Crippen molar-refractivity contribution in [2.75, 3.05) is 0 Å². The van der Waals surface area contributed by atoms with Gasteiger partial charge in [0.25, 0.3) is 0 Å². The summed E-state index contributed by atoms with van der Waals surface area (Å²) in [4.78, 5) is 10.9. The van der Waals surface area contributed by atoms with Gasteiger partial charge in [0.1, 0.15) is 0 Å². The molecule has 1 N–H and O–H groups in total. The van der Waals surface area contributed by atoms with E-state index >= 15 is 0 Å². The molecule has 0 bridgehead atoms. The Morgan fingerprint density at radius 1 is 1.50 bits per heavy atom. The number of carboxylic acids is 1. The van der Waals surface area contributed by atoms with Gasteiger partial charge in [-0.05, 0) is 46.5 Å². The number of halogens is 1. The van der Waals surface area contributed by atoms with Gasteiger partial charge in [-0.2, -0.15) is 0 Å². The van der Waals surface area contributed by atoms with Crippen LogP contribution in [0, 0.1) is 0 Å². The van der Waals surface area contributed by atoms with Crippen LogP contribution in [0.4, 0.5) is 0 Å². The molecule has 3 nitrogen and oxygen atoms in total. The highest BCUT2D eigenvalue weighted by atomic mass is 79.9. The minimum atomic E-state index is -0.709. The van der Waals surface area contributed by atoms with Crippen LogP contribution in [0.2, 0.25) is 0 Å². The molecule has 1 fully saturated rings. The van der Waals surface area contributed by atoms with Crippen LogP contribution in [0.25, 0.3) is 10.9 Å². The topological polar surface area (TPSA) is 42.2 Å². The van der Waals surface area contributed by atoms with E-state index in [0.29, 0.717) is 0 Å². The first-order valence-corrected chi connectivity index (χ1v) is 6.78. The molecule has 1 saturated carbocycles. The van der Waals surface area contributed by atoms with Crippen LogP contribution in [0.15, 0.2) is 28.9 Å². The number of aliphatic carboxylic acids is 1. The molecule has 1 aromatic heterocycles. The molecule has 18 heavy (non-hydrogen) atoms. The second kappa shape index (κ2) is 3.85. The number of carbonyl (C=O) groups is 1. The van der Waals surface area contributed by atoms with E-state index in [0.717, 1.165) is 33.8 Å². The molecule has 0 saturated heterocycles.